The Balaban J connectivity index is 2.53. The monoisotopic (exact) mass is 178 g/mol. The van der Waals surface area contributed by atoms with Crippen LogP contribution in [0.15, 0.2) is 11.6 Å². The normalized spacial score (nSPS) is 21.7. The molecule has 0 spiro atoms. The van der Waals surface area contributed by atoms with Crippen molar-refractivity contribution in [3.05, 3.63) is 16.5 Å². The zero-order chi connectivity index (χ0) is 9.52. The van der Waals surface area contributed by atoms with E-state index in [1.807, 2.05) is 6.92 Å². The molecular formula is C12H20N+. The third-order valence-electron chi connectivity index (χ3n) is 2.74. The quantitative estimate of drug-likeness (QED) is 0.578. The Kier molecular flexibility index (Phi) is 4.60. The van der Waals surface area contributed by atoms with Crippen LogP contribution in [0.25, 0.3) is 4.85 Å². The minimum atomic E-state index is 0.816. The van der Waals surface area contributed by atoms with E-state index in [4.69, 9.17) is 0 Å². The summed E-state index contributed by atoms with van der Waals surface area (Å²) in [6.45, 7) is 5.03. The molecular weight excluding hydrogens is 158 g/mol. The Bertz CT molecular complexity index is 229. The number of allylic oxidation sites excluding steroid dienone is 1. The van der Waals surface area contributed by atoms with Crippen LogP contribution in [0.1, 0.15) is 46.0 Å². The van der Waals surface area contributed by atoms with E-state index in [9.17, 15) is 0 Å². The lowest BCUT2D eigenvalue weighted by Gasteiger charge is -2.19. The lowest BCUT2D eigenvalue weighted by Crippen LogP contribution is -2.10. The third-order valence-corrected chi connectivity index (χ3v) is 2.74. The van der Waals surface area contributed by atoms with Crippen molar-refractivity contribution in [3.63, 3.8) is 0 Å². The van der Waals surface area contributed by atoms with Crippen molar-refractivity contribution in [3.8, 4) is 6.07 Å². The van der Waals surface area contributed by atoms with Gasteiger partial charge in [-0.25, -0.2) is 0 Å². The van der Waals surface area contributed by atoms with E-state index in [1.54, 1.807) is 5.57 Å². The van der Waals surface area contributed by atoms with Gasteiger partial charge in [0, 0.05) is 5.57 Å². The Morgan fingerprint density at radius 3 is 3.15 bits per heavy atom. The number of hydrogen-bond donors (Lipinski definition) is 0. The summed E-state index contributed by atoms with van der Waals surface area (Å²) in [5, 5.41) is 0. The van der Waals surface area contributed by atoms with Gasteiger partial charge in [-0.15, -0.1) is 0 Å². The summed E-state index contributed by atoms with van der Waals surface area (Å²) < 4.78 is 0. The van der Waals surface area contributed by atoms with Gasteiger partial charge in [0.1, 0.15) is 0 Å². The molecule has 1 nitrogen and oxygen atoms in total. The van der Waals surface area contributed by atoms with Gasteiger partial charge in [-0.2, -0.15) is 0 Å². The van der Waals surface area contributed by atoms with Crippen LogP contribution in [0, 0.1) is 12.0 Å². The largest absolute Gasteiger partial charge is 0.284 e. The summed E-state index contributed by atoms with van der Waals surface area (Å²) in [5.74, 6) is 0.816. The van der Waals surface area contributed by atoms with Crippen LogP contribution in [0.5, 0.6) is 0 Å². The first kappa shape index (κ1) is 10.3. The van der Waals surface area contributed by atoms with Gasteiger partial charge in [-0.05, 0) is 31.6 Å². The molecule has 1 aliphatic carbocycles. The van der Waals surface area contributed by atoms with E-state index in [1.165, 1.54) is 32.1 Å². The molecule has 0 aromatic rings. The van der Waals surface area contributed by atoms with Crippen LogP contribution in [0.2, 0.25) is 0 Å². The van der Waals surface area contributed by atoms with Crippen molar-refractivity contribution in [2.45, 2.75) is 46.0 Å². The molecule has 1 unspecified atom stereocenters. The molecule has 0 radical (unpaired) electrons. The fraction of sp³-hybridized carbons (Fsp3) is 0.750. The van der Waals surface area contributed by atoms with E-state index in [-0.39, 0.29) is 0 Å². The lowest BCUT2D eigenvalue weighted by molar-refractivity contribution is 0.471. The molecule has 13 heavy (non-hydrogen) atoms. The standard InChI is InChI=1S/C12H20N/c1-3-7-11-8-5-6-9-12(11)10-13-4-2/h9,11H,3,5-8,10H2,1-2H3/q+1. The summed E-state index contributed by atoms with van der Waals surface area (Å²) in [7, 11) is 0. The highest BCUT2D eigenvalue weighted by molar-refractivity contribution is 5.15. The summed E-state index contributed by atoms with van der Waals surface area (Å²) in [6, 6.07) is 2.86. The summed E-state index contributed by atoms with van der Waals surface area (Å²) in [5.41, 5.74) is 1.56. The molecule has 0 heterocycles. The Hall–Kier alpha value is -0.770. The first-order valence-corrected chi connectivity index (χ1v) is 5.40. The predicted octanol–water partition coefficient (Wildman–Crippen LogP) is 3.87. The van der Waals surface area contributed by atoms with Crippen LogP contribution < -0.4 is 0 Å². The maximum atomic E-state index is 4.21. The van der Waals surface area contributed by atoms with E-state index in [2.05, 4.69) is 23.9 Å². The minimum absolute atomic E-state index is 0.816. The Morgan fingerprint density at radius 2 is 2.46 bits per heavy atom. The zero-order valence-electron chi connectivity index (χ0n) is 8.84. The fourth-order valence-electron chi connectivity index (χ4n) is 2.05. The molecule has 1 atom stereocenters. The molecule has 0 saturated heterocycles. The fourth-order valence-corrected chi connectivity index (χ4v) is 2.05. The van der Waals surface area contributed by atoms with Crippen LogP contribution in [-0.4, -0.2) is 6.54 Å². The van der Waals surface area contributed by atoms with Crippen LogP contribution in [0.4, 0.5) is 0 Å². The molecule has 0 fully saturated rings. The molecule has 0 N–H and O–H groups in total. The van der Waals surface area contributed by atoms with Crippen LogP contribution >= 0.6 is 0 Å². The molecule has 0 saturated carbocycles. The van der Waals surface area contributed by atoms with Crippen molar-refractivity contribution in [2.24, 2.45) is 5.92 Å². The molecule has 1 heteroatoms. The van der Waals surface area contributed by atoms with Crippen molar-refractivity contribution in [2.75, 3.05) is 6.54 Å². The minimum Gasteiger partial charge on any atom is -0.0792 e. The first-order valence-electron chi connectivity index (χ1n) is 5.40. The van der Waals surface area contributed by atoms with Gasteiger partial charge in [-0.3, -0.25) is 0 Å². The van der Waals surface area contributed by atoms with Crippen LogP contribution in [0.3, 0.4) is 0 Å². The van der Waals surface area contributed by atoms with Gasteiger partial charge < -0.3 is 0 Å². The average Bonchev–Trinajstić information content (AvgIpc) is 2.17. The summed E-state index contributed by atoms with van der Waals surface area (Å²) in [4.78, 5) is 4.21. The van der Waals surface area contributed by atoms with E-state index >= 15 is 0 Å². The third kappa shape index (κ3) is 3.22. The number of rotatable bonds is 3. The second-order valence-corrected chi connectivity index (χ2v) is 3.74. The Labute approximate surface area is 81.7 Å². The van der Waals surface area contributed by atoms with E-state index in [0.29, 0.717) is 0 Å². The van der Waals surface area contributed by atoms with Gasteiger partial charge in [0.15, 0.2) is 0 Å². The molecule has 1 rings (SSSR count). The molecule has 72 valence electrons. The molecule has 0 aromatic carbocycles. The van der Waals surface area contributed by atoms with Crippen molar-refractivity contribution in [1.82, 2.24) is 0 Å². The molecule has 0 aliphatic heterocycles. The smallest absolute Gasteiger partial charge is 0.0792 e. The highest BCUT2D eigenvalue weighted by atomic mass is 14.6. The average molecular weight is 178 g/mol. The Morgan fingerprint density at radius 1 is 1.62 bits per heavy atom. The summed E-state index contributed by atoms with van der Waals surface area (Å²) >= 11 is 0. The topological polar surface area (TPSA) is 4.36 Å². The van der Waals surface area contributed by atoms with Crippen molar-refractivity contribution >= 4 is 0 Å². The van der Waals surface area contributed by atoms with Crippen LogP contribution in [-0.2, 0) is 0 Å². The highest BCUT2D eigenvalue weighted by Crippen LogP contribution is 2.28. The number of hydrogen-bond acceptors (Lipinski definition) is 0. The second-order valence-electron chi connectivity index (χ2n) is 3.74. The molecule has 1 aliphatic rings. The first-order chi connectivity index (χ1) is 6.38. The van der Waals surface area contributed by atoms with E-state index in [0.717, 1.165) is 12.5 Å². The summed E-state index contributed by atoms with van der Waals surface area (Å²) in [6.07, 6.45) is 9.03. The molecule has 0 amide bonds. The molecule has 0 bridgehead atoms. The van der Waals surface area contributed by atoms with Gasteiger partial charge >= 0.3 is 0 Å². The molecule has 0 aromatic heterocycles. The maximum Gasteiger partial charge on any atom is 0.284 e. The van der Waals surface area contributed by atoms with Gasteiger partial charge in [0.2, 0.25) is 0 Å². The van der Waals surface area contributed by atoms with Gasteiger partial charge in [-0.1, -0.05) is 24.3 Å². The number of nitrogens with zero attached hydrogens (tertiary/aromatic N) is 1. The van der Waals surface area contributed by atoms with Gasteiger partial charge in [0.05, 0.1) is 6.92 Å². The maximum absolute atomic E-state index is 4.21. The van der Waals surface area contributed by atoms with Crippen molar-refractivity contribution < 1.29 is 0 Å². The van der Waals surface area contributed by atoms with Gasteiger partial charge in [0.25, 0.3) is 12.6 Å². The zero-order valence-corrected chi connectivity index (χ0v) is 8.84. The second kappa shape index (κ2) is 5.80. The van der Waals surface area contributed by atoms with Crippen molar-refractivity contribution in [1.29, 1.82) is 0 Å². The lowest BCUT2D eigenvalue weighted by atomic mass is 9.85. The highest BCUT2D eigenvalue weighted by Gasteiger charge is 2.19. The predicted molar refractivity (Wildman–Crippen MR) is 58.1 cm³/mol. The SMILES string of the molecule is CC#[N+]CC1=CCCCC1CCC. The van der Waals surface area contributed by atoms with E-state index < -0.39 is 0 Å².